The van der Waals surface area contributed by atoms with Gasteiger partial charge in [0.15, 0.2) is 11.6 Å². The van der Waals surface area contributed by atoms with E-state index in [0.717, 1.165) is 13.1 Å². The van der Waals surface area contributed by atoms with Crippen molar-refractivity contribution in [1.29, 1.82) is 0 Å². The topological polar surface area (TPSA) is 91.4 Å². The van der Waals surface area contributed by atoms with Crippen molar-refractivity contribution in [3.05, 3.63) is 48.2 Å². The van der Waals surface area contributed by atoms with Crippen LogP contribution in [0.1, 0.15) is 16.3 Å². The fourth-order valence-electron chi connectivity index (χ4n) is 2.76. The highest BCUT2D eigenvalue weighted by molar-refractivity contribution is 5.92. The molecule has 24 heavy (non-hydrogen) atoms. The zero-order chi connectivity index (χ0) is 16.4. The summed E-state index contributed by atoms with van der Waals surface area (Å²) >= 11 is 0. The van der Waals surface area contributed by atoms with Crippen molar-refractivity contribution in [2.45, 2.75) is 6.54 Å². The van der Waals surface area contributed by atoms with E-state index in [0.29, 0.717) is 42.8 Å². The number of hydrogen-bond acceptors (Lipinski definition) is 6. The Morgan fingerprint density at radius 2 is 2.08 bits per heavy atom. The van der Waals surface area contributed by atoms with Crippen molar-refractivity contribution in [3.8, 4) is 11.7 Å². The molecule has 3 aromatic heterocycles. The molecule has 4 rings (SSSR count). The van der Waals surface area contributed by atoms with Gasteiger partial charge in [-0.15, -0.1) is 0 Å². The van der Waals surface area contributed by atoms with Gasteiger partial charge in [-0.2, -0.15) is 4.98 Å². The van der Waals surface area contributed by atoms with Crippen LogP contribution in [0.5, 0.6) is 0 Å². The normalized spacial score (nSPS) is 15.8. The second-order valence-corrected chi connectivity index (χ2v) is 5.65. The fraction of sp³-hybridized carbons (Fsp3) is 0.312. The van der Waals surface area contributed by atoms with Crippen LogP contribution < -0.4 is 0 Å². The summed E-state index contributed by atoms with van der Waals surface area (Å²) < 4.78 is 10.5. The van der Waals surface area contributed by atoms with Crippen LogP contribution in [0.4, 0.5) is 0 Å². The van der Waals surface area contributed by atoms with Crippen molar-refractivity contribution >= 4 is 5.91 Å². The molecule has 124 valence electrons. The lowest BCUT2D eigenvalue weighted by Gasteiger charge is -2.33. The molecule has 3 aromatic rings. The lowest BCUT2D eigenvalue weighted by molar-refractivity contribution is 0.0619. The second-order valence-electron chi connectivity index (χ2n) is 5.65. The quantitative estimate of drug-likeness (QED) is 0.783. The van der Waals surface area contributed by atoms with Crippen LogP contribution in [-0.2, 0) is 6.54 Å². The number of aromatic amines is 1. The van der Waals surface area contributed by atoms with Gasteiger partial charge in [-0.25, -0.2) is 0 Å². The second kappa shape index (κ2) is 6.32. The molecular weight excluding hydrogens is 310 g/mol. The Bertz CT molecular complexity index is 786. The Morgan fingerprint density at radius 3 is 2.79 bits per heavy atom. The number of piperazine rings is 1. The summed E-state index contributed by atoms with van der Waals surface area (Å²) in [4.78, 5) is 23.6. The molecule has 1 N–H and O–H groups in total. The van der Waals surface area contributed by atoms with Gasteiger partial charge in [0.1, 0.15) is 5.69 Å². The molecule has 0 unspecified atom stereocenters. The Kier molecular flexibility index (Phi) is 3.87. The predicted octanol–water partition coefficient (Wildman–Crippen LogP) is 1.62. The van der Waals surface area contributed by atoms with E-state index >= 15 is 0 Å². The van der Waals surface area contributed by atoms with E-state index in [1.165, 1.54) is 0 Å². The number of aromatic nitrogens is 3. The van der Waals surface area contributed by atoms with E-state index in [1.807, 2.05) is 11.0 Å². The van der Waals surface area contributed by atoms with Gasteiger partial charge in [-0.3, -0.25) is 9.69 Å². The summed E-state index contributed by atoms with van der Waals surface area (Å²) in [5.41, 5.74) is 0.629. The smallest absolute Gasteiger partial charge is 0.293 e. The van der Waals surface area contributed by atoms with Gasteiger partial charge >= 0.3 is 0 Å². The van der Waals surface area contributed by atoms with E-state index in [4.69, 9.17) is 8.94 Å². The molecule has 0 aliphatic carbocycles. The molecular formula is C16H17N5O3. The summed E-state index contributed by atoms with van der Waals surface area (Å²) in [5, 5.41) is 3.99. The zero-order valence-electron chi connectivity index (χ0n) is 13.0. The van der Waals surface area contributed by atoms with E-state index in [2.05, 4.69) is 20.0 Å². The minimum atomic E-state index is 0.0410. The molecule has 0 aromatic carbocycles. The minimum absolute atomic E-state index is 0.0410. The van der Waals surface area contributed by atoms with Crippen molar-refractivity contribution in [1.82, 2.24) is 24.9 Å². The molecule has 1 aliphatic heterocycles. The van der Waals surface area contributed by atoms with Gasteiger partial charge in [0.2, 0.25) is 0 Å². The van der Waals surface area contributed by atoms with Crippen molar-refractivity contribution in [2.24, 2.45) is 0 Å². The zero-order valence-corrected chi connectivity index (χ0v) is 13.0. The Labute approximate surface area is 138 Å². The third-order valence-electron chi connectivity index (χ3n) is 4.05. The molecule has 8 heteroatoms. The highest BCUT2D eigenvalue weighted by Gasteiger charge is 2.23. The Hall–Kier alpha value is -2.87. The molecule has 0 bridgehead atoms. The number of nitrogens with zero attached hydrogens (tertiary/aromatic N) is 4. The first kappa shape index (κ1) is 14.7. The number of carbonyl (C=O) groups is 1. The average molecular weight is 327 g/mol. The van der Waals surface area contributed by atoms with Gasteiger partial charge < -0.3 is 18.8 Å². The van der Waals surface area contributed by atoms with Crippen LogP contribution in [0.3, 0.4) is 0 Å². The van der Waals surface area contributed by atoms with Crippen LogP contribution in [0.25, 0.3) is 11.7 Å². The largest absolute Gasteiger partial charge is 0.459 e. The standard InChI is InChI=1S/C16H17N5O3/c22-16(12-3-1-5-17-12)21-8-6-20(7-9-21)11-14-18-15(24-19-14)13-4-2-10-23-13/h1-5,10,17H,6-9,11H2. The molecule has 1 aliphatic rings. The number of carbonyl (C=O) groups excluding carboxylic acids is 1. The number of furan rings is 1. The molecule has 8 nitrogen and oxygen atoms in total. The highest BCUT2D eigenvalue weighted by Crippen LogP contribution is 2.18. The third-order valence-corrected chi connectivity index (χ3v) is 4.05. The summed E-state index contributed by atoms with van der Waals surface area (Å²) in [6.45, 7) is 3.50. The number of hydrogen-bond donors (Lipinski definition) is 1. The van der Waals surface area contributed by atoms with Crippen LogP contribution in [0, 0.1) is 0 Å². The van der Waals surface area contributed by atoms with Gasteiger partial charge in [0, 0.05) is 32.4 Å². The first-order valence-corrected chi connectivity index (χ1v) is 7.81. The van der Waals surface area contributed by atoms with Crippen LogP contribution in [-0.4, -0.2) is 57.0 Å². The molecule has 0 atom stereocenters. The monoisotopic (exact) mass is 327 g/mol. The maximum Gasteiger partial charge on any atom is 0.293 e. The molecule has 1 fully saturated rings. The summed E-state index contributed by atoms with van der Waals surface area (Å²) in [5.74, 6) is 1.61. The molecule has 1 saturated heterocycles. The number of rotatable bonds is 4. The minimum Gasteiger partial charge on any atom is -0.459 e. The van der Waals surface area contributed by atoms with Gasteiger partial charge in [0.25, 0.3) is 11.8 Å². The lowest BCUT2D eigenvalue weighted by Crippen LogP contribution is -2.48. The van der Waals surface area contributed by atoms with E-state index < -0.39 is 0 Å². The summed E-state index contributed by atoms with van der Waals surface area (Å²) in [6, 6.07) is 7.18. The van der Waals surface area contributed by atoms with Crippen molar-refractivity contribution in [3.63, 3.8) is 0 Å². The maximum atomic E-state index is 12.3. The SMILES string of the molecule is O=C(c1ccc[nH]1)N1CCN(Cc2noc(-c3ccco3)n2)CC1. The molecule has 0 radical (unpaired) electrons. The number of amides is 1. The summed E-state index contributed by atoms with van der Waals surface area (Å²) in [7, 11) is 0. The van der Waals surface area contributed by atoms with Crippen LogP contribution >= 0.6 is 0 Å². The van der Waals surface area contributed by atoms with E-state index in [-0.39, 0.29) is 5.91 Å². The fourth-order valence-corrected chi connectivity index (χ4v) is 2.76. The molecule has 0 saturated carbocycles. The number of H-pyrrole nitrogens is 1. The van der Waals surface area contributed by atoms with E-state index in [1.54, 1.807) is 30.7 Å². The highest BCUT2D eigenvalue weighted by atomic mass is 16.5. The maximum absolute atomic E-state index is 12.3. The van der Waals surface area contributed by atoms with Gasteiger partial charge in [-0.05, 0) is 24.3 Å². The predicted molar refractivity (Wildman–Crippen MR) is 84.0 cm³/mol. The first-order valence-electron chi connectivity index (χ1n) is 7.81. The Morgan fingerprint density at radius 1 is 1.21 bits per heavy atom. The Balaban J connectivity index is 1.33. The van der Waals surface area contributed by atoms with Crippen LogP contribution in [0.2, 0.25) is 0 Å². The van der Waals surface area contributed by atoms with Crippen molar-refractivity contribution in [2.75, 3.05) is 26.2 Å². The van der Waals surface area contributed by atoms with Gasteiger partial charge in [-0.1, -0.05) is 5.16 Å². The van der Waals surface area contributed by atoms with Gasteiger partial charge in [0.05, 0.1) is 12.8 Å². The number of nitrogens with one attached hydrogen (secondary N) is 1. The van der Waals surface area contributed by atoms with E-state index in [9.17, 15) is 4.79 Å². The summed E-state index contributed by atoms with van der Waals surface area (Å²) in [6.07, 6.45) is 3.33. The van der Waals surface area contributed by atoms with Crippen molar-refractivity contribution < 1.29 is 13.7 Å². The first-order chi connectivity index (χ1) is 11.8. The molecule has 4 heterocycles. The van der Waals surface area contributed by atoms with Crippen LogP contribution in [0.15, 0.2) is 45.7 Å². The third kappa shape index (κ3) is 2.95. The molecule has 1 amide bonds. The lowest BCUT2D eigenvalue weighted by atomic mass is 10.2. The molecule has 0 spiro atoms. The average Bonchev–Trinajstić information content (AvgIpc) is 3.36.